The van der Waals surface area contributed by atoms with Crippen LogP contribution in [0, 0.1) is 12.3 Å². The average Bonchev–Trinajstić information content (AvgIpc) is 2.18. The van der Waals surface area contributed by atoms with Gasteiger partial charge in [0.05, 0.1) is 0 Å². The third-order valence-corrected chi connectivity index (χ3v) is 1.53. The Labute approximate surface area is 81.3 Å². The van der Waals surface area contributed by atoms with Crippen molar-refractivity contribution in [3.8, 4) is 18.1 Å². The average molecular weight is 191 g/mol. The lowest BCUT2D eigenvalue weighted by Gasteiger charge is -2.04. The topological polar surface area (TPSA) is 72.5 Å². The SMILES string of the molecule is C#CCOC(=O)c1cc(N)ccc1O. The van der Waals surface area contributed by atoms with Gasteiger partial charge in [-0.25, -0.2) is 4.79 Å². The van der Waals surface area contributed by atoms with Gasteiger partial charge in [0.1, 0.15) is 11.3 Å². The predicted octanol–water partition coefficient (Wildman–Crippen LogP) is 0.764. The van der Waals surface area contributed by atoms with E-state index in [0.29, 0.717) is 5.69 Å². The van der Waals surface area contributed by atoms with Crippen molar-refractivity contribution >= 4 is 11.7 Å². The minimum absolute atomic E-state index is 0.0141. The summed E-state index contributed by atoms with van der Waals surface area (Å²) in [6.45, 7) is -0.132. The number of nitrogen functional groups attached to an aromatic ring is 1. The van der Waals surface area contributed by atoms with Crippen LogP contribution in [0.15, 0.2) is 18.2 Å². The molecule has 0 unspecified atom stereocenters. The van der Waals surface area contributed by atoms with Crippen LogP contribution in [0.5, 0.6) is 5.75 Å². The van der Waals surface area contributed by atoms with E-state index in [4.69, 9.17) is 12.2 Å². The number of benzene rings is 1. The Morgan fingerprint density at radius 2 is 2.36 bits per heavy atom. The number of rotatable bonds is 2. The van der Waals surface area contributed by atoms with Crippen molar-refractivity contribution in [2.75, 3.05) is 12.3 Å². The van der Waals surface area contributed by atoms with Crippen molar-refractivity contribution in [2.24, 2.45) is 0 Å². The van der Waals surface area contributed by atoms with E-state index in [2.05, 4.69) is 10.7 Å². The fourth-order valence-corrected chi connectivity index (χ4v) is 0.902. The molecule has 0 aliphatic heterocycles. The number of carbonyl (C=O) groups is 1. The quantitative estimate of drug-likeness (QED) is 0.313. The first kappa shape index (κ1) is 9.93. The van der Waals surface area contributed by atoms with Gasteiger partial charge in [-0.05, 0) is 18.2 Å². The second-order valence-electron chi connectivity index (χ2n) is 2.56. The highest BCUT2D eigenvalue weighted by Gasteiger charge is 2.11. The van der Waals surface area contributed by atoms with Crippen molar-refractivity contribution in [3.05, 3.63) is 23.8 Å². The van der Waals surface area contributed by atoms with Crippen LogP contribution in [-0.4, -0.2) is 17.7 Å². The molecule has 1 aromatic rings. The number of aromatic hydroxyl groups is 1. The molecule has 1 rings (SSSR count). The van der Waals surface area contributed by atoms with Crippen molar-refractivity contribution in [2.45, 2.75) is 0 Å². The molecule has 0 aliphatic rings. The Morgan fingerprint density at radius 1 is 1.64 bits per heavy atom. The van der Waals surface area contributed by atoms with Gasteiger partial charge in [0.2, 0.25) is 0 Å². The van der Waals surface area contributed by atoms with E-state index < -0.39 is 5.97 Å². The zero-order valence-electron chi connectivity index (χ0n) is 7.36. The van der Waals surface area contributed by atoms with E-state index in [-0.39, 0.29) is 17.9 Å². The summed E-state index contributed by atoms with van der Waals surface area (Å²) in [5.74, 6) is 1.28. The standard InChI is InChI=1S/C10H9NO3/c1-2-5-14-10(13)8-6-7(11)3-4-9(8)12/h1,3-4,6,12H,5,11H2. The fourth-order valence-electron chi connectivity index (χ4n) is 0.902. The largest absolute Gasteiger partial charge is 0.507 e. The molecule has 3 N–H and O–H groups in total. The van der Waals surface area contributed by atoms with E-state index in [1.165, 1.54) is 18.2 Å². The zero-order valence-corrected chi connectivity index (χ0v) is 7.36. The molecule has 0 fully saturated rings. The summed E-state index contributed by atoms with van der Waals surface area (Å²) in [6.07, 6.45) is 4.91. The summed E-state index contributed by atoms with van der Waals surface area (Å²) in [5, 5.41) is 9.30. The Balaban J connectivity index is 2.90. The number of phenols is 1. The second-order valence-corrected chi connectivity index (χ2v) is 2.56. The summed E-state index contributed by atoms with van der Waals surface area (Å²) in [4.78, 5) is 11.2. The van der Waals surface area contributed by atoms with E-state index in [1.807, 2.05) is 0 Å². The lowest BCUT2D eigenvalue weighted by molar-refractivity contribution is 0.0553. The number of anilines is 1. The Hall–Kier alpha value is -2.15. The molecule has 0 saturated heterocycles. The maximum Gasteiger partial charge on any atom is 0.342 e. The van der Waals surface area contributed by atoms with Crippen LogP contribution >= 0.6 is 0 Å². The Kier molecular flexibility index (Phi) is 2.97. The molecule has 0 aliphatic carbocycles. The smallest absolute Gasteiger partial charge is 0.342 e. The molecular weight excluding hydrogens is 182 g/mol. The van der Waals surface area contributed by atoms with Gasteiger partial charge in [0.25, 0.3) is 0 Å². The lowest BCUT2D eigenvalue weighted by Crippen LogP contribution is -2.06. The third-order valence-electron chi connectivity index (χ3n) is 1.53. The van der Waals surface area contributed by atoms with Gasteiger partial charge in [-0.2, -0.15) is 0 Å². The van der Waals surface area contributed by atoms with E-state index in [1.54, 1.807) is 0 Å². The zero-order chi connectivity index (χ0) is 10.6. The van der Waals surface area contributed by atoms with Crippen LogP contribution in [0.3, 0.4) is 0 Å². The van der Waals surface area contributed by atoms with Crippen LogP contribution in [0.4, 0.5) is 5.69 Å². The van der Waals surface area contributed by atoms with Gasteiger partial charge in [0.15, 0.2) is 6.61 Å². The maximum atomic E-state index is 11.2. The van der Waals surface area contributed by atoms with Crippen LogP contribution in [0.2, 0.25) is 0 Å². The van der Waals surface area contributed by atoms with Gasteiger partial charge in [-0.15, -0.1) is 6.42 Å². The van der Waals surface area contributed by atoms with E-state index in [9.17, 15) is 9.90 Å². The summed E-state index contributed by atoms with van der Waals surface area (Å²) >= 11 is 0. The predicted molar refractivity (Wildman–Crippen MR) is 51.6 cm³/mol. The molecule has 14 heavy (non-hydrogen) atoms. The number of nitrogens with two attached hydrogens (primary N) is 1. The highest BCUT2D eigenvalue weighted by atomic mass is 16.5. The maximum absolute atomic E-state index is 11.2. The van der Waals surface area contributed by atoms with Crippen LogP contribution < -0.4 is 5.73 Å². The number of esters is 1. The molecule has 0 aromatic heterocycles. The molecule has 72 valence electrons. The lowest BCUT2D eigenvalue weighted by atomic mass is 10.2. The number of phenolic OH excluding ortho intramolecular Hbond substituents is 1. The molecule has 0 amide bonds. The molecule has 4 nitrogen and oxygen atoms in total. The summed E-state index contributed by atoms with van der Waals surface area (Å²) < 4.78 is 4.62. The number of carbonyl (C=O) groups excluding carboxylic acids is 1. The molecule has 0 radical (unpaired) electrons. The molecular formula is C10H9NO3. The van der Waals surface area contributed by atoms with Crippen LogP contribution in [0.1, 0.15) is 10.4 Å². The number of hydrogen-bond acceptors (Lipinski definition) is 4. The van der Waals surface area contributed by atoms with Gasteiger partial charge in [-0.3, -0.25) is 0 Å². The highest BCUT2D eigenvalue weighted by Crippen LogP contribution is 2.20. The summed E-state index contributed by atoms with van der Waals surface area (Å²) in [5.41, 5.74) is 5.82. The number of ether oxygens (including phenoxy) is 1. The first-order chi connectivity index (χ1) is 6.65. The molecule has 0 bridgehead atoms. The normalized spacial score (nSPS) is 9.07. The minimum atomic E-state index is -0.687. The molecule has 0 saturated carbocycles. The summed E-state index contributed by atoms with van der Waals surface area (Å²) in [6, 6.07) is 4.13. The summed E-state index contributed by atoms with van der Waals surface area (Å²) in [7, 11) is 0. The number of hydrogen-bond donors (Lipinski definition) is 2. The van der Waals surface area contributed by atoms with Crippen LogP contribution in [0.25, 0.3) is 0 Å². The fraction of sp³-hybridized carbons (Fsp3) is 0.100. The minimum Gasteiger partial charge on any atom is -0.507 e. The Bertz CT molecular complexity index is 393. The van der Waals surface area contributed by atoms with Gasteiger partial charge >= 0.3 is 5.97 Å². The number of terminal acetylenes is 1. The first-order valence-electron chi connectivity index (χ1n) is 3.84. The molecule has 4 heteroatoms. The van der Waals surface area contributed by atoms with Crippen molar-refractivity contribution in [1.82, 2.24) is 0 Å². The van der Waals surface area contributed by atoms with Crippen molar-refractivity contribution in [3.63, 3.8) is 0 Å². The Morgan fingerprint density at radius 3 is 3.00 bits per heavy atom. The van der Waals surface area contributed by atoms with Gasteiger partial charge in [-0.1, -0.05) is 5.92 Å². The molecule has 1 aromatic carbocycles. The van der Waals surface area contributed by atoms with Crippen molar-refractivity contribution in [1.29, 1.82) is 0 Å². The molecule has 0 spiro atoms. The first-order valence-corrected chi connectivity index (χ1v) is 3.84. The monoisotopic (exact) mass is 191 g/mol. The molecule has 0 heterocycles. The van der Waals surface area contributed by atoms with E-state index >= 15 is 0 Å². The molecule has 0 atom stereocenters. The van der Waals surface area contributed by atoms with Gasteiger partial charge < -0.3 is 15.6 Å². The third kappa shape index (κ3) is 2.17. The second kappa shape index (κ2) is 4.19. The van der Waals surface area contributed by atoms with Crippen LogP contribution in [-0.2, 0) is 4.74 Å². The van der Waals surface area contributed by atoms with Gasteiger partial charge in [0, 0.05) is 5.69 Å². The highest BCUT2D eigenvalue weighted by molar-refractivity contribution is 5.93. The van der Waals surface area contributed by atoms with Crippen molar-refractivity contribution < 1.29 is 14.6 Å². The van der Waals surface area contributed by atoms with E-state index in [0.717, 1.165) is 0 Å².